The number of rotatable bonds is 8. The molecule has 1 rings (SSSR count). The van der Waals surface area contributed by atoms with Crippen molar-refractivity contribution in [3.8, 4) is 0 Å². The number of benzene rings is 1. The van der Waals surface area contributed by atoms with Gasteiger partial charge in [-0.25, -0.2) is 9.59 Å². The molecule has 0 heterocycles. The Bertz CT molecular complexity index is 488. The molecule has 1 N–H and O–H groups in total. The van der Waals surface area contributed by atoms with Gasteiger partial charge in [-0.3, -0.25) is 0 Å². The lowest BCUT2D eigenvalue weighted by Gasteiger charge is -2.25. The highest BCUT2D eigenvalue weighted by molar-refractivity contribution is 5.83. The zero-order valence-corrected chi connectivity index (χ0v) is 14.5. The van der Waals surface area contributed by atoms with Crippen LogP contribution in [-0.2, 0) is 16.1 Å². The number of hydrogen-bond acceptors (Lipinski definition) is 3. The zero-order valence-electron chi connectivity index (χ0n) is 14.5. The smallest absolute Gasteiger partial charge is 0.329 e. The number of urea groups is 1. The molecule has 23 heavy (non-hydrogen) atoms. The molecule has 0 aliphatic rings. The molecule has 0 radical (unpaired) electrons. The third-order valence-electron chi connectivity index (χ3n) is 3.75. The first-order valence-corrected chi connectivity index (χ1v) is 8.14. The maximum Gasteiger partial charge on any atom is 0.329 e. The van der Waals surface area contributed by atoms with E-state index < -0.39 is 6.04 Å². The van der Waals surface area contributed by atoms with Gasteiger partial charge in [0.1, 0.15) is 12.6 Å². The van der Waals surface area contributed by atoms with Gasteiger partial charge >= 0.3 is 12.0 Å². The van der Waals surface area contributed by atoms with Gasteiger partial charge in [-0.2, -0.15) is 0 Å². The Labute approximate surface area is 139 Å². The molecule has 0 saturated carbocycles. The highest BCUT2D eigenvalue weighted by atomic mass is 16.5. The van der Waals surface area contributed by atoms with Crippen LogP contribution in [0.15, 0.2) is 30.3 Å². The van der Waals surface area contributed by atoms with Gasteiger partial charge in [-0.1, -0.05) is 57.0 Å². The second kappa shape index (κ2) is 9.87. The van der Waals surface area contributed by atoms with Crippen LogP contribution in [0.5, 0.6) is 0 Å². The minimum Gasteiger partial charge on any atom is -0.459 e. The van der Waals surface area contributed by atoms with Crippen molar-refractivity contribution in [1.82, 2.24) is 10.2 Å². The lowest BCUT2D eigenvalue weighted by molar-refractivity contribution is -0.148. The number of nitrogens with zero attached hydrogens (tertiary/aromatic N) is 1. The van der Waals surface area contributed by atoms with Crippen molar-refractivity contribution in [2.24, 2.45) is 5.92 Å². The Hall–Kier alpha value is -2.04. The average Bonchev–Trinajstić information content (AvgIpc) is 2.55. The molecule has 1 aromatic carbocycles. The molecule has 0 bridgehead atoms. The van der Waals surface area contributed by atoms with E-state index in [2.05, 4.69) is 12.2 Å². The summed E-state index contributed by atoms with van der Waals surface area (Å²) in [5.41, 5.74) is 0.930. The fourth-order valence-electron chi connectivity index (χ4n) is 2.21. The largest absolute Gasteiger partial charge is 0.459 e. The van der Waals surface area contributed by atoms with Crippen molar-refractivity contribution < 1.29 is 14.3 Å². The van der Waals surface area contributed by atoms with E-state index >= 15 is 0 Å². The van der Waals surface area contributed by atoms with E-state index in [1.54, 1.807) is 14.1 Å². The molecule has 2 amide bonds. The summed E-state index contributed by atoms with van der Waals surface area (Å²) in [6.45, 7) is 4.29. The summed E-state index contributed by atoms with van der Waals surface area (Å²) in [4.78, 5) is 25.8. The Balaban J connectivity index is 2.68. The first kappa shape index (κ1) is 19.0. The number of unbranched alkanes of at least 4 members (excludes halogenated alkanes) is 1. The van der Waals surface area contributed by atoms with Crippen LogP contribution in [0.4, 0.5) is 4.79 Å². The fourth-order valence-corrected chi connectivity index (χ4v) is 2.21. The molecule has 0 aromatic heterocycles. The predicted molar refractivity (Wildman–Crippen MR) is 90.9 cm³/mol. The van der Waals surface area contributed by atoms with Crippen LogP contribution in [0.3, 0.4) is 0 Å². The van der Waals surface area contributed by atoms with E-state index in [0.717, 1.165) is 24.8 Å². The van der Waals surface area contributed by atoms with E-state index in [-0.39, 0.29) is 24.5 Å². The Morgan fingerprint density at radius 1 is 1.22 bits per heavy atom. The van der Waals surface area contributed by atoms with Gasteiger partial charge in [0, 0.05) is 14.1 Å². The molecule has 2 atom stereocenters. The third kappa shape index (κ3) is 6.72. The van der Waals surface area contributed by atoms with Crippen molar-refractivity contribution in [3.63, 3.8) is 0 Å². The molecular formula is C18H28N2O3. The second-order valence-electron chi connectivity index (χ2n) is 6.03. The number of nitrogens with one attached hydrogen (secondary N) is 1. The topological polar surface area (TPSA) is 58.6 Å². The standard InChI is InChI=1S/C18H28N2O3/c1-5-6-10-14(2)16(19-18(22)20(3)4)17(21)23-13-15-11-8-7-9-12-15/h7-9,11-12,14,16H,5-6,10,13H2,1-4H3,(H,19,22). The average molecular weight is 320 g/mol. The molecule has 0 saturated heterocycles. The Kier molecular flexibility index (Phi) is 8.16. The maximum absolute atomic E-state index is 12.4. The number of hydrogen-bond donors (Lipinski definition) is 1. The Morgan fingerprint density at radius 3 is 2.43 bits per heavy atom. The minimum atomic E-state index is -0.625. The molecule has 5 heteroatoms. The number of carbonyl (C=O) groups excluding carboxylic acids is 2. The molecule has 2 unspecified atom stereocenters. The van der Waals surface area contributed by atoms with E-state index in [1.165, 1.54) is 4.90 Å². The quantitative estimate of drug-likeness (QED) is 0.748. The van der Waals surface area contributed by atoms with Crippen LogP contribution in [0.1, 0.15) is 38.7 Å². The van der Waals surface area contributed by atoms with Crippen molar-refractivity contribution in [2.75, 3.05) is 14.1 Å². The van der Waals surface area contributed by atoms with Gasteiger partial charge in [-0.15, -0.1) is 0 Å². The van der Waals surface area contributed by atoms with Gasteiger partial charge in [0.05, 0.1) is 0 Å². The van der Waals surface area contributed by atoms with E-state index in [1.807, 2.05) is 37.3 Å². The summed E-state index contributed by atoms with van der Waals surface area (Å²) >= 11 is 0. The highest BCUT2D eigenvalue weighted by Gasteiger charge is 2.28. The summed E-state index contributed by atoms with van der Waals surface area (Å²) in [7, 11) is 3.30. The number of ether oxygens (including phenoxy) is 1. The van der Waals surface area contributed by atoms with Gasteiger partial charge in [0.2, 0.25) is 0 Å². The predicted octanol–water partition coefficient (Wildman–Crippen LogP) is 3.20. The van der Waals surface area contributed by atoms with Crippen LogP contribution in [0.2, 0.25) is 0 Å². The SMILES string of the molecule is CCCCC(C)C(NC(=O)N(C)C)C(=O)OCc1ccccc1. The Morgan fingerprint density at radius 2 is 1.87 bits per heavy atom. The highest BCUT2D eigenvalue weighted by Crippen LogP contribution is 2.15. The minimum absolute atomic E-state index is 0.0297. The van der Waals surface area contributed by atoms with Crippen LogP contribution < -0.4 is 5.32 Å². The molecule has 0 aliphatic carbocycles. The summed E-state index contributed by atoms with van der Waals surface area (Å²) in [6.07, 6.45) is 2.94. The van der Waals surface area contributed by atoms with Crippen molar-refractivity contribution in [2.45, 2.75) is 45.8 Å². The maximum atomic E-state index is 12.4. The number of esters is 1. The van der Waals surface area contributed by atoms with Crippen LogP contribution in [-0.4, -0.2) is 37.0 Å². The first-order valence-electron chi connectivity index (χ1n) is 8.14. The van der Waals surface area contributed by atoms with Crippen LogP contribution in [0.25, 0.3) is 0 Å². The van der Waals surface area contributed by atoms with Crippen molar-refractivity contribution >= 4 is 12.0 Å². The van der Waals surface area contributed by atoms with Gasteiger partial charge < -0.3 is 15.0 Å². The summed E-state index contributed by atoms with van der Waals surface area (Å²) in [5, 5.41) is 2.77. The van der Waals surface area contributed by atoms with Gasteiger partial charge in [0.15, 0.2) is 0 Å². The zero-order chi connectivity index (χ0) is 17.2. The van der Waals surface area contributed by atoms with Crippen molar-refractivity contribution in [1.29, 1.82) is 0 Å². The summed E-state index contributed by atoms with van der Waals surface area (Å²) < 4.78 is 5.40. The summed E-state index contributed by atoms with van der Waals surface area (Å²) in [5.74, 6) is -0.352. The molecule has 0 fully saturated rings. The molecule has 1 aromatic rings. The van der Waals surface area contributed by atoms with E-state index in [0.29, 0.717) is 0 Å². The van der Waals surface area contributed by atoms with Gasteiger partial charge in [-0.05, 0) is 17.9 Å². The van der Waals surface area contributed by atoms with Crippen molar-refractivity contribution in [3.05, 3.63) is 35.9 Å². The molecule has 5 nitrogen and oxygen atoms in total. The number of carbonyl (C=O) groups is 2. The first-order chi connectivity index (χ1) is 11.0. The van der Waals surface area contributed by atoms with Crippen LogP contribution in [0, 0.1) is 5.92 Å². The molecule has 0 aliphatic heterocycles. The lowest BCUT2D eigenvalue weighted by Crippen LogP contribution is -2.49. The second-order valence-corrected chi connectivity index (χ2v) is 6.03. The van der Waals surface area contributed by atoms with E-state index in [9.17, 15) is 9.59 Å². The van der Waals surface area contributed by atoms with Gasteiger partial charge in [0.25, 0.3) is 0 Å². The monoisotopic (exact) mass is 320 g/mol. The fraction of sp³-hybridized carbons (Fsp3) is 0.556. The molecular weight excluding hydrogens is 292 g/mol. The van der Waals surface area contributed by atoms with Crippen LogP contribution >= 0.6 is 0 Å². The lowest BCUT2D eigenvalue weighted by atomic mass is 9.96. The molecule has 0 spiro atoms. The van der Waals surface area contributed by atoms with E-state index in [4.69, 9.17) is 4.74 Å². The normalized spacial score (nSPS) is 13.0. The number of amides is 2. The summed E-state index contributed by atoms with van der Waals surface area (Å²) in [6, 6.07) is 8.62. The third-order valence-corrected chi connectivity index (χ3v) is 3.75. The molecule has 128 valence electrons.